The maximum absolute atomic E-state index is 12.0. The SMILES string of the molecule is CC=CC=CC(=O)OCC(=O)Nc1sc2c(c1C#N)CCCCC2. The Morgan fingerprint density at radius 3 is 2.83 bits per heavy atom. The van der Waals surface area contributed by atoms with Crippen molar-refractivity contribution in [3.05, 3.63) is 40.3 Å². The Hall–Kier alpha value is -2.39. The monoisotopic (exact) mass is 344 g/mol. The number of carbonyl (C=O) groups is 2. The minimum Gasteiger partial charge on any atom is -0.452 e. The Morgan fingerprint density at radius 2 is 2.08 bits per heavy atom. The minimum absolute atomic E-state index is 0.369. The summed E-state index contributed by atoms with van der Waals surface area (Å²) in [4.78, 5) is 24.6. The molecule has 2 rings (SSSR count). The van der Waals surface area contributed by atoms with Gasteiger partial charge in [0.25, 0.3) is 5.91 Å². The van der Waals surface area contributed by atoms with E-state index >= 15 is 0 Å². The fourth-order valence-electron chi connectivity index (χ4n) is 2.54. The number of hydrogen-bond acceptors (Lipinski definition) is 5. The highest BCUT2D eigenvalue weighted by Gasteiger charge is 2.21. The van der Waals surface area contributed by atoms with Gasteiger partial charge in [-0.05, 0) is 38.2 Å². The zero-order valence-corrected chi connectivity index (χ0v) is 14.4. The van der Waals surface area contributed by atoms with Crippen molar-refractivity contribution < 1.29 is 14.3 Å². The lowest BCUT2D eigenvalue weighted by molar-refractivity contribution is -0.142. The topological polar surface area (TPSA) is 79.2 Å². The third-order valence-corrected chi connectivity index (χ3v) is 4.87. The van der Waals surface area contributed by atoms with Crippen LogP contribution >= 0.6 is 11.3 Å². The summed E-state index contributed by atoms with van der Waals surface area (Å²) in [5.74, 6) is -1.01. The summed E-state index contributed by atoms with van der Waals surface area (Å²) in [6.07, 6.45) is 11.5. The fraction of sp³-hybridized carbons (Fsp3) is 0.389. The molecule has 5 nitrogen and oxygen atoms in total. The third kappa shape index (κ3) is 4.80. The molecular formula is C18H20N2O3S. The zero-order valence-electron chi connectivity index (χ0n) is 13.6. The van der Waals surface area contributed by atoms with Gasteiger partial charge in [-0.2, -0.15) is 5.26 Å². The molecule has 1 amide bonds. The first-order valence-electron chi connectivity index (χ1n) is 7.96. The number of nitrogens with one attached hydrogen (secondary N) is 1. The van der Waals surface area contributed by atoms with E-state index in [0.717, 1.165) is 31.2 Å². The van der Waals surface area contributed by atoms with Crippen LogP contribution in [0.4, 0.5) is 5.00 Å². The molecule has 0 bridgehead atoms. The fourth-order valence-corrected chi connectivity index (χ4v) is 3.80. The van der Waals surface area contributed by atoms with Gasteiger partial charge < -0.3 is 10.1 Å². The number of ether oxygens (including phenoxy) is 1. The molecule has 1 aromatic heterocycles. The van der Waals surface area contributed by atoms with Crippen LogP contribution in [-0.2, 0) is 27.2 Å². The first-order valence-corrected chi connectivity index (χ1v) is 8.78. The van der Waals surface area contributed by atoms with Gasteiger partial charge in [0.1, 0.15) is 11.1 Å². The molecule has 0 fully saturated rings. The molecule has 0 unspecified atom stereocenters. The molecule has 126 valence electrons. The Bertz CT molecular complexity index is 711. The van der Waals surface area contributed by atoms with Crippen molar-refractivity contribution in [2.75, 3.05) is 11.9 Å². The van der Waals surface area contributed by atoms with Crippen LogP contribution in [0.15, 0.2) is 24.3 Å². The molecule has 1 aliphatic rings. The van der Waals surface area contributed by atoms with Crippen LogP contribution in [-0.4, -0.2) is 18.5 Å². The van der Waals surface area contributed by atoms with Gasteiger partial charge in [-0.25, -0.2) is 4.79 Å². The first-order chi connectivity index (χ1) is 11.7. The van der Waals surface area contributed by atoms with Gasteiger partial charge in [-0.15, -0.1) is 11.3 Å². The van der Waals surface area contributed by atoms with E-state index in [1.165, 1.54) is 28.7 Å². The van der Waals surface area contributed by atoms with Crippen molar-refractivity contribution >= 4 is 28.2 Å². The van der Waals surface area contributed by atoms with Gasteiger partial charge in [-0.3, -0.25) is 4.79 Å². The highest BCUT2D eigenvalue weighted by Crippen LogP contribution is 2.36. The molecule has 0 spiro atoms. The molecular weight excluding hydrogens is 324 g/mol. The van der Waals surface area contributed by atoms with E-state index in [0.29, 0.717) is 10.6 Å². The molecule has 0 saturated heterocycles. The van der Waals surface area contributed by atoms with E-state index in [1.54, 1.807) is 18.2 Å². The lowest BCUT2D eigenvalue weighted by atomic mass is 10.1. The molecule has 1 aromatic rings. The average Bonchev–Trinajstić information content (AvgIpc) is 2.73. The van der Waals surface area contributed by atoms with Gasteiger partial charge in [0, 0.05) is 11.0 Å². The second-order valence-electron chi connectivity index (χ2n) is 5.42. The molecule has 0 radical (unpaired) electrons. The third-order valence-electron chi connectivity index (χ3n) is 3.67. The van der Waals surface area contributed by atoms with Crippen molar-refractivity contribution in [2.45, 2.75) is 39.0 Å². The van der Waals surface area contributed by atoms with Gasteiger partial charge in [0.2, 0.25) is 0 Å². The molecule has 1 N–H and O–H groups in total. The van der Waals surface area contributed by atoms with Gasteiger partial charge >= 0.3 is 5.97 Å². The van der Waals surface area contributed by atoms with Crippen LogP contribution in [0.1, 0.15) is 42.2 Å². The number of fused-ring (bicyclic) bond motifs is 1. The Balaban J connectivity index is 1.97. The smallest absolute Gasteiger partial charge is 0.331 e. The molecule has 0 atom stereocenters. The van der Waals surface area contributed by atoms with Crippen LogP contribution in [0.5, 0.6) is 0 Å². The summed E-state index contributed by atoms with van der Waals surface area (Å²) in [6, 6.07) is 2.21. The summed E-state index contributed by atoms with van der Waals surface area (Å²) in [6.45, 7) is 1.46. The summed E-state index contributed by atoms with van der Waals surface area (Å²) >= 11 is 1.46. The second-order valence-corrected chi connectivity index (χ2v) is 6.53. The molecule has 1 aliphatic carbocycles. The highest BCUT2D eigenvalue weighted by molar-refractivity contribution is 7.16. The molecule has 0 saturated carbocycles. The summed E-state index contributed by atoms with van der Waals surface area (Å²) in [7, 11) is 0. The normalized spacial score (nSPS) is 14.2. The maximum Gasteiger partial charge on any atom is 0.331 e. The number of rotatable bonds is 5. The highest BCUT2D eigenvalue weighted by atomic mass is 32.1. The largest absolute Gasteiger partial charge is 0.452 e. The standard InChI is InChI=1S/C18H20N2O3S/c1-2-3-5-10-17(22)23-12-16(21)20-18-14(11-19)13-8-6-4-7-9-15(13)24-18/h2-3,5,10H,4,6-9,12H2,1H3,(H,20,21). The maximum atomic E-state index is 12.0. The van der Waals surface area contributed by atoms with Crippen LogP contribution in [0, 0.1) is 11.3 Å². The number of carbonyl (C=O) groups excluding carboxylic acids is 2. The molecule has 0 aromatic carbocycles. The lowest BCUT2D eigenvalue weighted by Gasteiger charge is -2.04. The number of nitriles is 1. The number of allylic oxidation sites excluding steroid dienone is 3. The van der Waals surface area contributed by atoms with Crippen LogP contribution in [0.3, 0.4) is 0 Å². The Kier molecular flexibility index (Phi) is 6.76. The van der Waals surface area contributed by atoms with E-state index in [1.807, 2.05) is 6.92 Å². The van der Waals surface area contributed by atoms with E-state index in [4.69, 9.17) is 4.74 Å². The van der Waals surface area contributed by atoms with Gasteiger partial charge in [-0.1, -0.05) is 24.6 Å². The molecule has 1 heterocycles. The van der Waals surface area contributed by atoms with E-state index in [2.05, 4.69) is 11.4 Å². The Labute approximate surface area is 145 Å². The van der Waals surface area contributed by atoms with Crippen molar-refractivity contribution in [2.24, 2.45) is 0 Å². The average molecular weight is 344 g/mol. The number of hydrogen-bond donors (Lipinski definition) is 1. The van der Waals surface area contributed by atoms with Gasteiger partial charge in [0.05, 0.1) is 5.56 Å². The molecule has 24 heavy (non-hydrogen) atoms. The number of anilines is 1. The minimum atomic E-state index is -0.578. The van der Waals surface area contributed by atoms with Crippen LogP contribution in [0.25, 0.3) is 0 Å². The van der Waals surface area contributed by atoms with Crippen molar-refractivity contribution in [3.63, 3.8) is 0 Å². The van der Waals surface area contributed by atoms with E-state index in [9.17, 15) is 14.9 Å². The van der Waals surface area contributed by atoms with E-state index < -0.39 is 11.9 Å². The van der Waals surface area contributed by atoms with Crippen molar-refractivity contribution in [1.82, 2.24) is 0 Å². The summed E-state index contributed by atoms with van der Waals surface area (Å²) in [5.41, 5.74) is 1.63. The predicted octanol–water partition coefficient (Wildman–Crippen LogP) is 3.50. The first kappa shape index (κ1) is 18.0. The number of amides is 1. The Morgan fingerprint density at radius 1 is 1.29 bits per heavy atom. The number of esters is 1. The summed E-state index contributed by atoms with van der Waals surface area (Å²) in [5, 5.41) is 12.7. The lowest BCUT2D eigenvalue weighted by Crippen LogP contribution is -2.20. The van der Waals surface area contributed by atoms with Crippen LogP contribution < -0.4 is 5.32 Å². The predicted molar refractivity (Wildman–Crippen MR) is 93.8 cm³/mol. The van der Waals surface area contributed by atoms with Crippen molar-refractivity contribution in [1.29, 1.82) is 5.26 Å². The number of aryl methyl sites for hydroxylation is 1. The molecule has 0 aliphatic heterocycles. The molecule has 6 heteroatoms. The number of thiophene rings is 1. The number of nitrogens with zero attached hydrogens (tertiary/aromatic N) is 1. The van der Waals surface area contributed by atoms with Crippen molar-refractivity contribution in [3.8, 4) is 6.07 Å². The second kappa shape index (κ2) is 9.04. The summed E-state index contributed by atoms with van der Waals surface area (Å²) < 4.78 is 4.87. The van der Waals surface area contributed by atoms with Crippen LogP contribution in [0.2, 0.25) is 0 Å². The zero-order chi connectivity index (χ0) is 17.4. The quantitative estimate of drug-likeness (QED) is 0.384. The van der Waals surface area contributed by atoms with Gasteiger partial charge in [0.15, 0.2) is 6.61 Å². The van der Waals surface area contributed by atoms with E-state index in [-0.39, 0.29) is 6.61 Å².